The van der Waals surface area contributed by atoms with Crippen molar-refractivity contribution in [3.05, 3.63) is 73.4 Å². The Balaban J connectivity index is 1.84. The van der Waals surface area contributed by atoms with E-state index in [9.17, 15) is 14.4 Å². The maximum absolute atomic E-state index is 12.6. The number of H-pyrrole nitrogens is 1. The second-order valence-corrected chi connectivity index (χ2v) is 7.32. The highest BCUT2D eigenvalue weighted by molar-refractivity contribution is 6.42. The zero-order valence-electron chi connectivity index (χ0n) is 16.4. The summed E-state index contributed by atoms with van der Waals surface area (Å²) >= 11 is 12.1. The van der Waals surface area contributed by atoms with Gasteiger partial charge in [0.05, 0.1) is 40.5 Å². The minimum absolute atomic E-state index is 0.0130. The van der Waals surface area contributed by atoms with Crippen molar-refractivity contribution in [2.45, 2.75) is 20.3 Å². The van der Waals surface area contributed by atoms with Crippen molar-refractivity contribution < 1.29 is 14.3 Å². The molecule has 0 aliphatic carbocycles. The lowest BCUT2D eigenvalue weighted by Crippen LogP contribution is -2.22. The van der Waals surface area contributed by atoms with E-state index in [1.165, 1.54) is 19.4 Å². The van der Waals surface area contributed by atoms with Crippen molar-refractivity contribution in [3.8, 4) is 5.69 Å². The number of aromatic nitrogens is 3. The smallest absolute Gasteiger partial charge is 0.339 e. The number of pyridine rings is 1. The third kappa shape index (κ3) is 4.39. The van der Waals surface area contributed by atoms with Gasteiger partial charge in [0.25, 0.3) is 5.56 Å². The lowest BCUT2D eigenvalue weighted by atomic mass is 10.1. The topological polar surface area (TPSA) is 106 Å². The predicted octanol–water partition coefficient (Wildman–Crippen LogP) is 3.45. The Morgan fingerprint density at radius 2 is 1.93 bits per heavy atom. The van der Waals surface area contributed by atoms with Crippen molar-refractivity contribution in [1.29, 1.82) is 0 Å². The van der Waals surface area contributed by atoms with Gasteiger partial charge in [-0.25, -0.2) is 9.48 Å². The molecule has 0 aliphatic rings. The number of hydrogen-bond donors (Lipinski definition) is 2. The predicted molar refractivity (Wildman–Crippen MR) is 114 cm³/mol. The van der Waals surface area contributed by atoms with Gasteiger partial charge in [0.2, 0.25) is 5.91 Å². The van der Waals surface area contributed by atoms with Gasteiger partial charge in [-0.3, -0.25) is 9.59 Å². The lowest BCUT2D eigenvalue weighted by Gasteiger charge is -2.08. The molecule has 1 amide bonds. The van der Waals surface area contributed by atoms with Crippen LogP contribution in [0, 0.1) is 13.8 Å². The number of ether oxygens (including phenoxy) is 1. The number of halogens is 2. The number of amides is 1. The van der Waals surface area contributed by atoms with E-state index in [0.29, 0.717) is 27.0 Å². The molecule has 3 aromatic rings. The summed E-state index contributed by atoms with van der Waals surface area (Å²) in [6, 6.07) is 6.39. The van der Waals surface area contributed by atoms with E-state index in [-0.39, 0.29) is 17.7 Å². The molecule has 156 valence electrons. The normalized spacial score (nSPS) is 10.7. The van der Waals surface area contributed by atoms with Crippen LogP contribution in [0.3, 0.4) is 0 Å². The molecule has 1 aromatic carbocycles. The van der Waals surface area contributed by atoms with E-state index in [0.717, 1.165) is 5.69 Å². The van der Waals surface area contributed by atoms with Gasteiger partial charge in [0, 0.05) is 17.5 Å². The van der Waals surface area contributed by atoms with Crippen molar-refractivity contribution in [3.63, 3.8) is 0 Å². The molecule has 0 fully saturated rings. The summed E-state index contributed by atoms with van der Waals surface area (Å²) < 4.78 is 6.29. The zero-order valence-corrected chi connectivity index (χ0v) is 17.9. The largest absolute Gasteiger partial charge is 0.465 e. The highest BCUT2D eigenvalue weighted by Crippen LogP contribution is 2.26. The number of methoxy groups -OCH3 is 1. The van der Waals surface area contributed by atoms with Crippen LogP contribution < -0.4 is 10.9 Å². The second-order valence-electron chi connectivity index (χ2n) is 6.51. The van der Waals surface area contributed by atoms with Gasteiger partial charge in [-0.05, 0) is 38.1 Å². The average molecular weight is 449 g/mol. The van der Waals surface area contributed by atoms with Crippen LogP contribution in [0.4, 0.5) is 5.69 Å². The molecule has 0 saturated heterocycles. The van der Waals surface area contributed by atoms with Gasteiger partial charge < -0.3 is 15.0 Å². The van der Waals surface area contributed by atoms with Crippen LogP contribution in [-0.2, 0) is 16.0 Å². The van der Waals surface area contributed by atoms with Gasteiger partial charge in [-0.15, -0.1) is 0 Å². The molecule has 0 bridgehead atoms. The molecule has 0 unspecified atom stereocenters. The Labute approximate surface area is 181 Å². The molecule has 0 saturated carbocycles. The van der Waals surface area contributed by atoms with Crippen molar-refractivity contribution >= 4 is 40.8 Å². The molecule has 0 atom stereocenters. The number of hydrogen-bond acceptors (Lipinski definition) is 5. The quantitative estimate of drug-likeness (QED) is 0.581. The Kier molecular flexibility index (Phi) is 6.28. The molecule has 2 aromatic heterocycles. The maximum Gasteiger partial charge on any atom is 0.339 e. The fourth-order valence-corrected chi connectivity index (χ4v) is 3.26. The highest BCUT2D eigenvalue weighted by Gasteiger charge is 2.18. The number of esters is 1. The molecule has 3 rings (SSSR count). The van der Waals surface area contributed by atoms with Crippen LogP contribution in [0.2, 0.25) is 10.0 Å². The van der Waals surface area contributed by atoms with Crippen LogP contribution in [0.25, 0.3) is 5.69 Å². The number of aromatic amines is 1. The Morgan fingerprint density at radius 1 is 1.20 bits per heavy atom. The summed E-state index contributed by atoms with van der Waals surface area (Å²) in [6.07, 6.45) is 1.21. The minimum Gasteiger partial charge on any atom is -0.465 e. The molecule has 0 aliphatic heterocycles. The Bertz CT molecular complexity index is 1200. The number of carbonyl (C=O) groups excluding carboxylic acids is 2. The number of aryl methyl sites for hydroxylation is 1. The van der Waals surface area contributed by atoms with Gasteiger partial charge in [0.1, 0.15) is 5.69 Å². The SMILES string of the molecule is COC(=O)c1c[nH]c(=O)c(NC(=O)Cc2c(C)nn(-c3ccc(Cl)c(Cl)c3)c2C)c1. The standard InChI is InChI=1S/C20H18Cl2N4O4/c1-10-14(11(2)26(25-10)13-4-5-15(21)16(22)7-13)8-18(27)24-17-6-12(20(29)30-3)9-23-19(17)28/h4-7,9H,8H2,1-3H3,(H,23,28)(H,24,27). The molecule has 2 heterocycles. The number of carbonyl (C=O) groups is 2. The summed E-state index contributed by atoms with van der Waals surface area (Å²) in [6.45, 7) is 3.62. The van der Waals surface area contributed by atoms with Crippen LogP contribution in [0.5, 0.6) is 0 Å². The number of nitrogens with zero attached hydrogens (tertiary/aromatic N) is 2. The van der Waals surface area contributed by atoms with Gasteiger partial charge >= 0.3 is 5.97 Å². The Hall–Kier alpha value is -3.10. The van der Waals surface area contributed by atoms with E-state index >= 15 is 0 Å². The number of benzene rings is 1. The number of rotatable bonds is 5. The van der Waals surface area contributed by atoms with Gasteiger partial charge in [-0.1, -0.05) is 23.2 Å². The van der Waals surface area contributed by atoms with E-state index in [1.807, 2.05) is 6.92 Å². The average Bonchev–Trinajstić information content (AvgIpc) is 2.99. The van der Waals surface area contributed by atoms with Crippen LogP contribution in [0.15, 0.2) is 35.3 Å². The maximum atomic E-state index is 12.6. The molecule has 8 nitrogen and oxygen atoms in total. The van der Waals surface area contributed by atoms with E-state index < -0.39 is 17.4 Å². The third-order valence-electron chi connectivity index (χ3n) is 4.52. The van der Waals surface area contributed by atoms with Crippen LogP contribution in [-0.4, -0.2) is 33.8 Å². The first-order valence-electron chi connectivity index (χ1n) is 8.82. The third-order valence-corrected chi connectivity index (χ3v) is 5.26. The lowest BCUT2D eigenvalue weighted by molar-refractivity contribution is -0.115. The molecule has 2 N–H and O–H groups in total. The summed E-state index contributed by atoms with van der Waals surface area (Å²) in [4.78, 5) is 38.6. The van der Waals surface area contributed by atoms with Gasteiger partial charge in [0.15, 0.2) is 0 Å². The minimum atomic E-state index is -0.628. The summed E-state index contributed by atoms with van der Waals surface area (Å²) in [5, 5.41) is 7.84. The molecule has 0 spiro atoms. The molecule has 10 heteroatoms. The summed E-state index contributed by atoms with van der Waals surface area (Å²) in [5.74, 6) is -1.06. The molecular formula is C20H18Cl2N4O4. The summed E-state index contributed by atoms with van der Waals surface area (Å²) in [5.41, 5.74) is 2.36. The zero-order chi connectivity index (χ0) is 22.0. The molecule has 30 heavy (non-hydrogen) atoms. The fourth-order valence-electron chi connectivity index (χ4n) is 2.97. The fraction of sp³-hybridized carbons (Fsp3) is 0.200. The highest BCUT2D eigenvalue weighted by atomic mass is 35.5. The van der Waals surface area contributed by atoms with Crippen molar-refractivity contribution in [2.75, 3.05) is 12.4 Å². The van der Waals surface area contributed by atoms with Crippen LogP contribution >= 0.6 is 23.2 Å². The van der Waals surface area contributed by atoms with E-state index in [2.05, 4.69) is 20.1 Å². The monoisotopic (exact) mass is 448 g/mol. The van der Waals surface area contributed by atoms with E-state index in [4.69, 9.17) is 23.2 Å². The van der Waals surface area contributed by atoms with E-state index in [1.54, 1.807) is 29.8 Å². The first kappa shape index (κ1) is 21.6. The number of nitrogens with one attached hydrogen (secondary N) is 2. The van der Waals surface area contributed by atoms with Gasteiger partial charge in [-0.2, -0.15) is 5.10 Å². The molecule has 0 radical (unpaired) electrons. The van der Waals surface area contributed by atoms with Crippen LogP contribution in [0.1, 0.15) is 27.3 Å². The Morgan fingerprint density at radius 3 is 2.60 bits per heavy atom. The molecular weight excluding hydrogens is 431 g/mol. The number of anilines is 1. The van der Waals surface area contributed by atoms with Crippen molar-refractivity contribution in [2.24, 2.45) is 0 Å². The first-order valence-corrected chi connectivity index (χ1v) is 9.58. The van der Waals surface area contributed by atoms with Crippen molar-refractivity contribution in [1.82, 2.24) is 14.8 Å². The second kappa shape index (κ2) is 8.73. The first-order chi connectivity index (χ1) is 14.2. The summed E-state index contributed by atoms with van der Waals surface area (Å²) in [7, 11) is 1.22.